The number of aromatic nitrogens is 2. The molecule has 6 nitrogen and oxygen atoms in total. The van der Waals surface area contributed by atoms with Gasteiger partial charge < -0.3 is 14.2 Å². The molecule has 3 heterocycles. The van der Waals surface area contributed by atoms with E-state index in [2.05, 4.69) is 4.37 Å². The number of hydrogen-bond acceptors (Lipinski definition) is 5. The van der Waals surface area contributed by atoms with E-state index >= 15 is 0 Å². The van der Waals surface area contributed by atoms with Gasteiger partial charge >= 0.3 is 0 Å². The largest absolute Gasteiger partial charge is 0.378 e. The maximum atomic E-state index is 14.7. The molecule has 1 N–H and O–H groups in total. The highest BCUT2D eigenvalue weighted by molar-refractivity contribution is 7.12. The molecule has 1 aromatic carbocycles. The van der Waals surface area contributed by atoms with Crippen molar-refractivity contribution < 1.29 is 9.13 Å². The zero-order valence-electron chi connectivity index (χ0n) is 13.4. The number of fused-ring (bicyclic) bond motifs is 2. The zero-order valence-corrected chi connectivity index (χ0v) is 14.2. The van der Waals surface area contributed by atoms with Gasteiger partial charge in [-0.15, -0.1) is 0 Å². The first-order valence-electron chi connectivity index (χ1n) is 8.37. The molecular weight excluding hydrogens is 345 g/mol. The van der Waals surface area contributed by atoms with Crippen LogP contribution in [0.4, 0.5) is 10.1 Å². The highest BCUT2D eigenvalue weighted by Crippen LogP contribution is 2.40. The fraction of sp³-hybridized carbons (Fsp3) is 0.412. The number of benzene rings is 1. The second-order valence-corrected chi connectivity index (χ2v) is 7.36. The third-order valence-electron chi connectivity index (χ3n) is 4.96. The van der Waals surface area contributed by atoms with Gasteiger partial charge in [-0.1, -0.05) is 0 Å². The lowest BCUT2D eigenvalue weighted by molar-refractivity contribution is 0.122. The van der Waals surface area contributed by atoms with Gasteiger partial charge in [-0.3, -0.25) is 14.0 Å². The van der Waals surface area contributed by atoms with Gasteiger partial charge in [0.25, 0.3) is 5.56 Å². The van der Waals surface area contributed by atoms with Crippen molar-refractivity contribution >= 4 is 38.3 Å². The van der Waals surface area contributed by atoms with E-state index in [1.807, 2.05) is 9.47 Å². The SMILES string of the molecule is O=c1[nH]sc2c1c(=O)c1cc(F)c(N3CCOCC3)cc1n2C1CC1. The summed E-state index contributed by atoms with van der Waals surface area (Å²) in [6, 6.07) is 3.32. The van der Waals surface area contributed by atoms with Crippen LogP contribution in [0.15, 0.2) is 21.7 Å². The monoisotopic (exact) mass is 361 g/mol. The van der Waals surface area contributed by atoms with Crippen LogP contribution in [0, 0.1) is 5.82 Å². The Balaban J connectivity index is 1.86. The molecule has 1 aliphatic heterocycles. The van der Waals surface area contributed by atoms with Gasteiger partial charge in [0.15, 0.2) is 0 Å². The lowest BCUT2D eigenvalue weighted by atomic mass is 10.1. The number of H-pyrrole nitrogens is 1. The second-order valence-electron chi connectivity index (χ2n) is 6.56. The standard InChI is InChI=1S/C17H16FN3O3S/c18-11-7-10-12(8-13(11)20-3-5-24-6-4-20)21(9-1-2-9)17-14(15(10)22)16(23)19-25-17/h7-9H,1-6H2,(H,19,23). The fourth-order valence-electron chi connectivity index (χ4n) is 3.58. The summed E-state index contributed by atoms with van der Waals surface area (Å²) in [7, 11) is 0. The molecule has 0 atom stereocenters. The Hall–Kier alpha value is -2.19. The third-order valence-corrected chi connectivity index (χ3v) is 5.84. The van der Waals surface area contributed by atoms with E-state index in [1.54, 1.807) is 6.07 Å². The van der Waals surface area contributed by atoms with Gasteiger partial charge in [-0.2, -0.15) is 0 Å². The molecule has 2 fully saturated rings. The van der Waals surface area contributed by atoms with E-state index in [0.29, 0.717) is 42.3 Å². The number of morpholine rings is 1. The Morgan fingerprint density at radius 1 is 1.20 bits per heavy atom. The number of pyridine rings is 1. The summed E-state index contributed by atoms with van der Waals surface area (Å²) in [5, 5.41) is 0.417. The summed E-state index contributed by atoms with van der Waals surface area (Å²) < 4.78 is 24.8. The van der Waals surface area contributed by atoms with Crippen LogP contribution in [0.2, 0.25) is 0 Å². The average Bonchev–Trinajstić information content (AvgIpc) is 3.38. The average molecular weight is 361 g/mol. The number of rotatable bonds is 2. The van der Waals surface area contributed by atoms with Crippen LogP contribution in [0.25, 0.3) is 21.1 Å². The Labute approximate surface area is 145 Å². The van der Waals surface area contributed by atoms with Crippen molar-refractivity contribution in [2.24, 2.45) is 0 Å². The van der Waals surface area contributed by atoms with E-state index in [9.17, 15) is 14.0 Å². The number of anilines is 1. The molecule has 1 saturated heterocycles. The Morgan fingerprint density at radius 3 is 2.68 bits per heavy atom. The smallest absolute Gasteiger partial charge is 0.271 e. The molecule has 3 aromatic rings. The van der Waals surface area contributed by atoms with Crippen LogP contribution < -0.4 is 15.9 Å². The quantitative estimate of drug-likeness (QED) is 0.760. The van der Waals surface area contributed by atoms with Crippen molar-refractivity contribution in [3.63, 3.8) is 0 Å². The van der Waals surface area contributed by atoms with Crippen molar-refractivity contribution in [2.45, 2.75) is 18.9 Å². The van der Waals surface area contributed by atoms with Crippen LogP contribution in [-0.2, 0) is 4.74 Å². The zero-order chi connectivity index (χ0) is 17.1. The molecule has 8 heteroatoms. The molecule has 25 heavy (non-hydrogen) atoms. The van der Waals surface area contributed by atoms with Gasteiger partial charge in [0, 0.05) is 24.5 Å². The summed E-state index contributed by atoms with van der Waals surface area (Å²) in [6.07, 6.45) is 2.01. The van der Waals surface area contributed by atoms with Gasteiger partial charge in [-0.05, 0) is 36.5 Å². The fourth-order valence-corrected chi connectivity index (χ4v) is 4.51. The molecule has 2 aromatic heterocycles. The third kappa shape index (κ3) is 2.24. The number of hydrogen-bond donors (Lipinski definition) is 1. The summed E-state index contributed by atoms with van der Waals surface area (Å²) in [5.74, 6) is -0.431. The molecule has 0 amide bonds. The van der Waals surface area contributed by atoms with Gasteiger partial charge in [-0.25, -0.2) is 4.39 Å². The van der Waals surface area contributed by atoms with Crippen LogP contribution in [-0.4, -0.2) is 35.2 Å². The molecule has 5 rings (SSSR count). The number of ether oxygens (including phenoxy) is 1. The molecule has 2 aliphatic rings. The summed E-state index contributed by atoms with van der Waals surface area (Å²) in [4.78, 5) is 27.4. The second kappa shape index (κ2) is 5.40. The molecule has 0 spiro atoms. The predicted molar refractivity (Wildman–Crippen MR) is 95.5 cm³/mol. The molecule has 1 saturated carbocycles. The number of halogens is 1. The summed E-state index contributed by atoms with van der Waals surface area (Å²) in [6.45, 7) is 2.36. The first-order chi connectivity index (χ1) is 12.1. The predicted octanol–water partition coefficient (Wildman–Crippen LogP) is 2.22. The molecule has 130 valence electrons. The summed E-state index contributed by atoms with van der Waals surface area (Å²) >= 11 is 1.18. The Morgan fingerprint density at radius 2 is 1.96 bits per heavy atom. The van der Waals surface area contributed by atoms with Crippen molar-refractivity contribution in [3.8, 4) is 0 Å². The minimum absolute atomic E-state index is 0.142. The van der Waals surface area contributed by atoms with Crippen molar-refractivity contribution in [3.05, 3.63) is 38.5 Å². The summed E-state index contributed by atoms with van der Waals surface area (Å²) in [5.41, 5.74) is 0.417. The minimum Gasteiger partial charge on any atom is -0.378 e. The van der Waals surface area contributed by atoms with Gasteiger partial charge in [0.05, 0.1) is 24.4 Å². The van der Waals surface area contributed by atoms with Crippen LogP contribution in [0.5, 0.6) is 0 Å². The van der Waals surface area contributed by atoms with Gasteiger partial charge in [0.2, 0.25) is 5.43 Å². The van der Waals surface area contributed by atoms with Crippen LogP contribution >= 0.6 is 11.5 Å². The van der Waals surface area contributed by atoms with Crippen LogP contribution in [0.3, 0.4) is 0 Å². The minimum atomic E-state index is -0.431. The van der Waals surface area contributed by atoms with Gasteiger partial charge in [0.1, 0.15) is 16.0 Å². The van der Waals surface area contributed by atoms with E-state index < -0.39 is 11.2 Å². The highest BCUT2D eigenvalue weighted by atomic mass is 32.1. The van der Waals surface area contributed by atoms with E-state index in [4.69, 9.17) is 4.74 Å². The molecule has 1 aliphatic carbocycles. The maximum Gasteiger partial charge on any atom is 0.271 e. The maximum absolute atomic E-state index is 14.7. The number of aromatic amines is 1. The molecular formula is C17H16FN3O3S. The first-order valence-corrected chi connectivity index (χ1v) is 9.18. The molecule has 0 unspecified atom stereocenters. The van der Waals surface area contributed by atoms with Crippen LogP contribution in [0.1, 0.15) is 18.9 Å². The molecule has 0 radical (unpaired) electrons. The van der Waals surface area contributed by atoms with E-state index in [0.717, 1.165) is 12.8 Å². The van der Waals surface area contributed by atoms with Crippen molar-refractivity contribution in [2.75, 3.05) is 31.2 Å². The topological polar surface area (TPSA) is 67.3 Å². The number of nitrogens with one attached hydrogen (secondary N) is 1. The first kappa shape index (κ1) is 15.1. The van der Waals surface area contributed by atoms with Crippen molar-refractivity contribution in [1.29, 1.82) is 0 Å². The number of nitrogens with zero attached hydrogens (tertiary/aromatic N) is 2. The normalized spacial score (nSPS) is 18.4. The lowest BCUT2D eigenvalue weighted by Crippen LogP contribution is -2.36. The Kier molecular flexibility index (Phi) is 3.26. The van der Waals surface area contributed by atoms with E-state index in [-0.39, 0.29) is 22.4 Å². The lowest BCUT2D eigenvalue weighted by Gasteiger charge is -2.29. The highest BCUT2D eigenvalue weighted by Gasteiger charge is 2.29. The van der Waals surface area contributed by atoms with E-state index in [1.165, 1.54) is 17.6 Å². The van der Waals surface area contributed by atoms with Crippen molar-refractivity contribution in [1.82, 2.24) is 8.94 Å². The Bertz CT molecular complexity index is 1110. The molecule has 0 bridgehead atoms.